The summed E-state index contributed by atoms with van der Waals surface area (Å²) in [6.07, 6.45) is 5.78. The van der Waals surface area contributed by atoms with E-state index >= 15 is 0 Å². The molecule has 0 spiro atoms. The van der Waals surface area contributed by atoms with E-state index < -0.39 is 6.61 Å². The van der Waals surface area contributed by atoms with E-state index in [2.05, 4.69) is 24.8 Å². The van der Waals surface area contributed by atoms with E-state index in [1.807, 2.05) is 30.3 Å². The lowest BCUT2D eigenvalue weighted by atomic mass is 9.95. The van der Waals surface area contributed by atoms with E-state index in [-0.39, 0.29) is 5.75 Å². The number of nitrogens with zero attached hydrogens (tertiary/aromatic N) is 3. The number of rotatable bonds is 10. The Bertz CT molecular complexity index is 1040. The summed E-state index contributed by atoms with van der Waals surface area (Å²) in [7, 11) is 1.65. The van der Waals surface area contributed by atoms with Gasteiger partial charge in [-0.1, -0.05) is 55.3 Å². The van der Waals surface area contributed by atoms with Gasteiger partial charge in [0.15, 0.2) is 11.0 Å². The van der Waals surface area contributed by atoms with E-state index in [9.17, 15) is 8.78 Å². The van der Waals surface area contributed by atoms with Crippen molar-refractivity contribution in [2.45, 2.75) is 62.2 Å². The average molecular weight is 475 g/mol. The normalized spacial score (nSPS) is 14.4. The summed E-state index contributed by atoms with van der Waals surface area (Å²) in [4.78, 5) is 0. The molecule has 6 nitrogen and oxygen atoms in total. The van der Waals surface area contributed by atoms with Gasteiger partial charge in [-0.25, -0.2) is 0 Å². The number of benzene rings is 2. The van der Waals surface area contributed by atoms with Gasteiger partial charge in [-0.05, 0) is 31.0 Å². The molecule has 1 saturated carbocycles. The predicted molar refractivity (Wildman–Crippen MR) is 125 cm³/mol. The van der Waals surface area contributed by atoms with E-state index in [0.29, 0.717) is 23.9 Å². The molecule has 0 radical (unpaired) electrons. The van der Waals surface area contributed by atoms with Crippen LogP contribution in [0.1, 0.15) is 49.5 Å². The summed E-state index contributed by atoms with van der Waals surface area (Å²) in [5, 5.41) is 13.2. The Hall–Kier alpha value is -2.81. The van der Waals surface area contributed by atoms with Crippen molar-refractivity contribution in [1.29, 1.82) is 0 Å². The number of nitrogens with one attached hydrogen (secondary N) is 1. The Labute approximate surface area is 196 Å². The molecule has 0 saturated heterocycles. The van der Waals surface area contributed by atoms with Crippen molar-refractivity contribution in [2.24, 2.45) is 0 Å². The molecule has 4 rings (SSSR count). The van der Waals surface area contributed by atoms with Crippen molar-refractivity contribution in [1.82, 2.24) is 14.8 Å². The largest absolute Gasteiger partial charge is 0.497 e. The Morgan fingerprint density at radius 2 is 1.91 bits per heavy atom. The third-order valence-electron chi connectivity index (χ3n) is 5.74. The zero-order valence-corrected chi connectivity index (χ0v) is 19.4. The van der Waals surface area contributed by atoms with Crippen molar-refractivity contribution in [3.8, 4) is 11.5 Å². The summed E-state index contributed by atoms with van der Waals surface area (Å²) in [5.74, 6) is 2.32. The number of thioether (sulfide) groups is 1. The lowest BCUT2D eigenvalue weighted by molar-refractivity contribution is -0.0503. The Balaban J connectivity index is 1.52. The lowest BCUT2D eigenvalue weighted by Gasteiger charge is -2.25. The van der Waals surface area contributed by atoms with Crippen LogP contribution in [0.4, 0.5) is 14.5 Å². The molecule has 1 aliphatic carbocycles. The minimum absolute atomic E-state index is 0.198. The van der Waals surface area contributed by atoms with Crippen LogP contribution in [-0.4, -0.2) is 28.5 Å². The summed E-state index contributed by atoms with van der Waals surface area (Å²) in [6.45, 7) is -2.32. The lowest BCUT2D eigenvalue weighted by Crippen LogP contribution is -2.18. The number of methoxy groups -OCH3 is 1. The first kappa shape index (κ1) is 23.4. The van der Waals surface area contributed by atoms with Gasteiger partial charge in [-0.2, -0.15) is 8.78 Å². The SMILES string of the molecule is COc1cccc(NCc2nnc(SCc3ccccc3OC(F)F)n2C2CCCCC2)c1. The molecule has 0 aliphatic heterocycles. The van der Waals surface area contributed by atoms with Crippen LogP contribution in [-0.2, 0) is 12.3 Å². The molecule has 1 fully saturated rings. The molecule has 9 heteroatoms. The summed E-state index contributed by atoms with van der Waals surface area (Å²) < 4.78 is 37.8. The fourth-order valence-corrected chi connectivity index (χ4v) is 5.14. The fraction of sp³-hybridized carbons (Fsp3) is 0.417. The zero-order chi connectivity index (χ0) is 23.0. The van der Waals surface area contributed by atoms with Gasteiger partial charge >= 0.3 is 6.61 Å². The van der Waals surface area contributed by atoms with Crippen LogP contribution in [0.5, 0.6) is 11.5 Å². The minimum Gasteiger partial charge on any atom is -0.497 e. The number of anilines is 1. The maximum Gasteiger partial charge on any atom is 0.387 e. The molecular weight excluding hydrogens is 446 g/mol. The molecule has 1 N–H and O–H groups in total. The molecule has 0 bridgehead atoms. The minimum atomic E-state index is -2.85. The van der Waals surface area contributed by atoms with Gasteiger partial charge in [0.2, 0.25) is 0 Å². The summed E-state index contributed by atoms with van der Waals surface area (Å²) in [6, 6.07) is 15.0. The highest BCUT2D eigenvalue weighted by molar-refractivity contribution is 7.98. The summed E-state index contributed by atoms with van der Waals surface area (Å²) in [5.41, 5.74) is 1.65. The maximum atomic E-state index is 12.8. The first-order valence-corrected chi connectivity index (χ1v) is 12.1. The highest BCUT2D eigenvalue weighted by Crippen LogP contribution is 2.35. The van der Waals surface area contributed by atoms with Crippen molar-refractivity contribution >= 4 is 17.4 Å². The summed E-state index contributed by atoms with van der Waals surface area (Å²) >= 11 is 1.50. The number of hydrogen-bond donors (Lipinski definition) is 1. The number of ether oxygens (including phenoxy) is 2. The van der Waals surface area contributed by atoms with Crippen molar-refractivity contribution in [2.75, 3.05) is 12.4 Å². The van der Waals surface area contributed by atoms with Crippen LogP contribution < -0.4 is 14.8 Å². The van der Waals surface area contributed by atoms with Gasteiger partial charge in [0.25, 0.3) is 0 Å². The first-order valence-electron chi connectivity index (χ1n) is 11.1. The molecule has 33 heavy (non-hydrogen) atoms. The topological polar surface area (TPSA) is 61.2 Å². The van der Waals surface area contributed by atoms with Crippen molar-refractivity contribution in [3.05, 3.63) is 59.9 Å². The second-order valence-corrected chi connectivity index (χ2v) is 8.86. The highest BCUT2D eigenvalue weighted by atomic mass is 32.2. The predicted octanol–water partition coefficient (Wildman–Crippen LogP) is 6.30. The molecule has 0 atom stereocenters. The van der Waals surface area contributed by atoms with Crippen LogP contribution in [0.3, 0.4) is 0 Å². The van der Waals surface area contributed by atoms with Crippen molar-refractivity contribution < 1.29 is 18.3 Å². The number of aromatic nitrogens is 3. The number of alkyl halides is 2. The third-order valence-corrected chi connectivity index (χ3v) is 6.73. The number of hydrogen-bond acceptors (Lipinski definition) is 6. The maximum absolute atomic E-state index is 12.8. The van der Waals surface area contributed by atoms with E-state index in [0.717, 1.165) is 35.3 Å². The van der Waals surface area contributed by atoms with Gasteiger partial charge in [-0.15, -0.1) is 10.2 Å². The zero-order valence-electron chi connectivity index (χ0n) is 18.5. The molecule has 1 heterocycles. The smallest absolute Gasteiger partial charge is 0.387 e. The first-order chi connectivity index (χ1) is 16.1. The molecule has 0 unspecified atom stereocenters. The van der Waals surface area contributed by atoms with Crippen LogP contribution in [0, 0.1) is 0 Å². The van der Waals surface area contributed by atoms with E-state index in [4.69, 9.17) is 4.74 Å². The molecular formula is C24H28F2N4O2S. The van der Waals surface area contributed by atoms with Gasteiger partial charge in [-0.3, -0.25) is 0 Å². The van der Waals surface area contributed by atoms with Crippen molar-refractivity contribution in [3.63, 3.8) is 0 Å². The fourth-order valence-electron chi connectivity index (χ4n) is 4.12. The monoisotopic (exact) mass is 474 g/mol. The Kier molecular flexibility index (Phi) is 8.04. The second kappa shape index (κ2) is 11.4. The highest BCUT2D eigenvalue weighted by Gasteiger charge is 2.23. The van der Waals surface area contributed by atoms with E-state index in [1.165, 1.54) is 31.0 Å². The molecule has 3 aromatic rings. The third kappa shape index (κ3) is 6.16. The van der Waals surface area contributed by atoms with Gasteiger partial charge in [0, 0.05) is 29.1 Å². The standard InChI is InChI=1S/C24H28F2N4O2S/c1-31-20-12-7-9-18(14-20)27-15-22-28-29-24(30(22)19-10-3-2-4-11-19)33-16-17-8-5-6-13-21(17)32-23(25)26/h5-9,12-14,19,23,27H,2-4,10-11,15-16H2,1H3. The average Bonchev–Trinajstić information content (AvgIpc) is 3.25. The molecule has 2 aromatic carbocycles. The van der Waals surface area contributed by atoms with Gasteiger partial charge < -0.3 is 19.4 Å². The van der Waals surface area contributed by atoms with E-state index in [1.54, 1.807) is 25.3 Å². The Morgan fingerprint density at radius 3 is 2.70 bits per heavy atom. The van der Waals surface area contributed by atoms with Gasteiger partial charge in [0.05, 0.1) is 13.7 Å². The quantitative estimate of drug-likeness (QED) is 0.348. The molecule has 1 aliphatic rings. The molecule has 1 aromatic heterocycles. The molecule has 176 valence electrons. The Morgan fingerprint density at radius 1 is 1.09 bits per heavy atom. The second-order valence-electron chi connectivity index (χ2n) is 7.92. The van der Waals surface area contributed by atoms with Crippen LogP contribution in [0.2, 0.25) is 0 Å². The van der Waals surface area contributed by atoms with Crippen LogP contribution in [0.15, 0.2) is 53.7 Å². The van der Waals surface area contributed by atoms with Crippen LogP contribution in [0.25, 0.3) is 0 Å². The van der Waals surface area contributed by atoms with Gasteiger partial charge in [0.1, 0.15) is 11.5 Å². The molecule has 0 amide bonds. The van der Waals surface area contributed by atoms with Crippen LogP contribution >= 0.6 is 11.8 Å². The number of para-hydroxylation sites is 1. The number of halogens is 2.